The summed E-state index contributed by atoms with van der Waals surface area (Å²) in [7, 11) is 0. The molecule has 20 heavy (non-hydrogen) atoms. The van der Waals surface area contributed by atoms with Crippen LogP contribution in [0.5, 0.6) is 0 Å². The molecule has 3 aromatic heterocycles. The molecule has 0 radical (unpaired) electrons. The smallest absolute Gasteiger partial charge is 0.155 e. The number of aryl methyl sites for hydroxylation is 1. The fraction of sp³-hybridized carbons (Fsp3) is 0.308. The highest BCUT2D eigenvalue weighted by atomic mass is 79.9. The standard InChI is InChI=1S/C13H14BrN5S/c1-2-10-5-18-13(20-10)7-15-3-9-4-17-12-6-16-11(14)8-19(9)12/h4-6,8,15H,2-3,7H2,1H3. The Morgan fingerprint density at radius 2 is 2.10 bits per heavy atom. The summed E-state index contributed by atoms with van der Waals surface area (Å²) < 4.78 is 2.83. The van der Waals surface area contributed by atoms with Crippen LogP contribution >= 0.6 is 27.3 Å². The topological polar surface area (TPSA) is 55.1 Å². The van der Waals surface area contributed by atoms with Gasteiger partial charge in [-0.1, -0.05) is 6.92 Å². The average molecular weight is 352 g/mol. The number of imidazole rings is 1. The second kappa shape index (κ2) is 5.99. The SMILES string of the molecule is CCc1cnc(CNCc2cnc3cnc(Br)cn23)s1. The van der Waals surface area contributed by atoms with E-state index < -0.39 is 0 Å². The van der Waals surface area contributed by atoms with Gasteiger partial charge in [0.1, 0.15) is 9.61 Å². The van der Waals surface area contributed by atoms with E-state index in [2.05, 4.69) is 43.1 Å². The molecule has 7 heteroatoms. The van der Waals surface area contributed by atoms with Crippen molar-refractivity contribution in [2.75, 3.05) is 0 Å². The lowest BCUT2D eigenvalue weighted by Crippen LogP contribution is -2.13. The summed E-state index contributed by atoms with van der Waals surface area (Å²) in [5.41, 5.74) is 1.96. The summed E-state index contributed by atoms with van der Waals surface area (Å²) in [5, 5.41) is 4.53. The quantitative estimate of drug-likeness (QED) is 0.767. The third-order valence-corrected chi connectivity index (χ3v) is 4.52. The van der Waals surface area contributed by atoms with Gasteiger partial charge in [0.15, 0.2) is 5.65 Å². The largest absolute Gasteiger partial charge is 0.305 e. The van der Waals surface area contributed by atoms with Crippen molar-refractivity contribution in [2.45, 2.75) is 26.4 Å². The number of thiazole rings is 1. The molecule has 3 heterocycles. The van der Waals surface area contributed by atoms with Crippen LogP contribution in [0.2, 0.25) is 0 Å². The second-order valence-electron chi connectivity index (χ2n) is 4.37. The van der Waals surface area contributed by atoms with E-state index in [1.165, 1.54) is 4.88 Å². The first-order chi connectivity index (χ1) is 9.76. The molecule has 0 atom stereocenters. The third-order valence-electron chi connectivity index (χ3n) is 2.97. The van der Waals surface area contributed by atoms with Gasteiger partial charge in [-0.3, -0.25) is 4.40 Å². The Kier molecular flexibility index (Phi) is 4.09. The van der Waals surface area contributed by atoms with E-state index in [9.17, 15) is 0 Å². The van der Waals surface area contributed by atoms with E-state index in [1.807, 2.05) is 23.0 Å². The van der Waals surface area contributed by atoms with E-state index in [0.29, 0.717) is 0 Å². The monoisotopic (exact) mass is 351 g/mol. The van der Waals surface area contributed by atoms with Gasteiger partial charge in [-0.25, -0.2) is 15.0 Å². The van der Waals surface area contributed by atoms with E-state index in [0.717, 1.165) is 40.5 Å². The highest BCUT2D eigenvalue weighted by Gasteiger charge is 2.05. The maximum atomic E-state index is 4.40. The number of hydrogen-bond acceptors (Lipinski definition) is 5. The van der Waals surface area contributed by atoms with Crippen LogP contribution in [0.1, 0.15) is 22.5 Å². The molecule has 3 aromatic rings. The van der Waals surface area contributed by atoms with Crippen LogP contribution in [0.15, 0.2) is 29.4 Å². The van der Waals surface area contributed by atoms with Gasteiger partial charge in [0.25, 0.3) is 0 Å². The molecule has 5 nitrogen and oxygen atoms in total. The van der Waals surface area contributed by atoms with Crippen LogP contribution in [-0.2, 0) is 19.5 Å². The molecule has 0 amide bonds. The molecule has 0 bridgehead atoms. The molecular formula is C13H14BrN5S. The van der Waals surface area contributed by atoms with E-state index in [-0.39, 0.29) is 0 Å². The summed E-state index contributed by atoms with van der Waals surface area (Å²) in [5.74, 6) is 0. The molecule has 0 spiro atoms. The zero-order valence-corrected chi connectivity index (χ0v) is 13.4. The summed E-state index contributed by atoms with van der Waals surface area (Å²) >= 11 is 5.14. The van der Waals surface area contributed by atoms with Crippen LogP contribution < -0.4 is 5.32 Å². The van der Waals surface area contributed by atoms with Crippen LogP contribution in [0, 0.1) is 0 Å². The minimum Gasteiger partial charge on any atom is -0.305 e. The molecule has 3 rings (SSSR count). The first kappa shape index (κ1) is 13.7. The van der Waals surface area contributed by atoms with Gasteiger partial charge in [0.05, 0.1) is 18.1 Å². The van der Waals surface area contributed by atoms with E-state index in [1.54, 1.807) is 17.5 Å². The normalized spacial score (nSPS) is 11.3. The lowest BCUT2D eigenvalue weighted by Gasteiger charge is -2.03. The summed E-state index contributed by atoms with van der Waals surface area (Å²) in [6.45, 7) is 3.68. The van der Waals surface area contributed by atoms with Gasteiger partial charge >= 0.3 is 0 Å². The molecule has 0 saturated heterocycles. The van der Waals surface area contributed by atoms with E-state index >= 15 is 0 Å². The maximum Gasteiger partial charge on any atom is 0.155 e. The molecule has 0 unspecified atom stereocenters. The third kappa shape index (κ3) is 2.89. The fourth-order valence-corrected chi connectivity index (χ4v) is 3.08. The number of hydrogen-bond donors (Lipinski definition) is 1. The fourth-order valence-electron chi connectivity index (χ4n) is 1.94. The first-order valence-corrected chi connectivity index (χ1v) is 7.99. The van der Waals surface area contributed by atoms with E-state index in [4.69, 9.17) is 0 Å². The van der Waals surface area contributed by atoms with Crippen molar-refractivity contribution in [1.29, 1.82) is 0 Å². The van der Waals surface area contributed by atoms with Crippen LogP contribution in [-0.4, -0.2) is 19.4 Å². The molecule has 0 aliphatic carbocycles. The van der Waals surface area contributed by atoms with Crippen molar-refractivity contribution in [3.8, 4) is 0 Å². The Morgan fingerprint density at radius 3 is 2.90 bits per heavy atom. The average Bonchev–Trinajstić information content (AvgIpc) is 3.06. The van der Waals surface area contributed by atoms with Crippen molar-refractivity contribution in [3.63, 3.8) is 0 Å². The summed E-state index contributed by atoms with van der Waals surface area (Å²) in [6.07, 6.45) is 8.56. The molecule has 0 saturated carbocycles. The Labute approximate surface area is 129 Å². The molecule has 1 N–H and O–H groups in total. The minimum absolute atomic E-state index is 0.749. The Hall–Kier alpha value is -1.31. The molecular weight excluding hydrogens is 338 g/mol. The van der Waals surface area contributed by atoms with Gasteiger partial charge in [-0.2, -0.15) is 0 Å². The number of aromatic nitrogens is 4. The first-order valence-electron chi connectivity index (χ1n) is 6.38. The number of nitrogens with zero attached hydrogens (tertiary/aromatic N) is 4. The van der Waals surface area contributed by atoms with Crippen LogP contribution in [0.4, 0.5) is 0 Å². The number of nitrogens with one attached hydrogen (secondary N) is 1. The predicted molar refractivity (Wildman–Crippen MR) is 82.7 cm³/mol. The number of fused-ring (bicyclic) bond motifs is 1. The summed E-state index contributed by atoms with van der Waals surface area (Å²) in [6, 6.07) is 0. The van der Waals surface area contributed by atoms with Gasteiger partial charge < -0.3 is 5.32 Å². The predicted octanol–water partition coefficient (Wildman–Crippen LogP) is 2.80. The zero-order chi connectivity index (χ0) is 13.9. The molecule has 0 aliphatic rings. The van der Waals surface area contributed by atoms with Crippen molar-refractivity contribution < 1.29 is 0 Å². The second-order valence-corrected chi connectivity index (χ2v) is 6.38. The van der Waals surface area contributed by atoms with Gasteiger partial charge in [0.2, 0.25) is 0 Å². The number of rotatable bonds is 5. The van der Waals surface area contributed by atoms with Gasteiger partial charge in [-0.15, -0.1) is 11.3 Å². The van der Waals surface area contributed by atoms with Crippen molar-refractivity contribution in [1.82, 2.24) is 24.7 Å². The minimum atomic E-state index is 0.749. The van der Waals surface area contributed by atoms with Crippen molar-refractivity contribution in [2.24, 2.45) is 0 Å². The Bertz CT molecular complexity index is 720. The molecule has 0 aromatic carbocycles. The summed E-state index contributed by atoms with van der Waals surface area (Å²) in [4.78, 5) is 14.2. The molecule has 0 aliphatic heterocycles. The highest BCUT2D eigenvalue weighted by molar-refractivity contribution is 9.10. The van der Waals surface area contributed by atoms with Crippen LogP contribution in [0.25, 0.3) is 5.65 Å². The van der Waals surface area contributed by atoms with Crippen molar-refractivity contribution in [3.05, 3.63) is 45.0 Å². The lowest BCUT2D eigenvalue weighted by molar-refractivity contribution is 0.672. The molecule has 104 valence electrons. The van der Waals surface area contributed by atoms with Gasteiger partial charge in [-0.05, 0) is 22.4 Å². The highest BCUT2D eigenvalue weighted by Crippen LogP contribution is 2.14. The van der Waals surface area contributed by atoms with Gasteiger partial charge in [0, 0.05) is 30.4 Å². The number of halogens is 1. The van der Waals surface area contributed by atoms with Crippen molar-refractivity contribution >= 4 is 32.9 Å². The maximum absolute atomic E-state index is 4.40. The zero-order valence-electron chi connectivity index (χ0n) is 11.0. The Morgan fingerprint density at radius 1 is 1.20 bits per heavy atom. The lowest BCUT2D eigenvalue weighted by atomic mass is 10.4. The Balaban J connectivity index is 1.66. The van der Waals surface area contributed by atoms with Crippen LogP contribution in [0.3, 0.4) is 0 Å². The molecule has 0 fully saturated rings.